The zero-order valence-electron chi connectivity index (χ0n) is 12.0. The highest BCUT2D eigenvalue weighted by molar-refractivity contribution is 9.10. The molecule has 0 spiro atoms. The van der Waals surface area contributed by atoms with Gasteiger partial charge in [-0.2, -0.15) is 5.10 Å². The van der Waals surface area contributed by atoms with E-state index in [0.717, 1.165) is 15.7 Å². The van der Waals surface area contributed by atoms with Gasteiger partial charge in [0, 0.05) is 49.5 Å². The Morgan fingerprint density at radius 1 is 1.38 bits per heavy atom. The van der Waals surface area contributed by atoms with E-state index in [-0.39, 0.29) is 5.91 Å². The molecule has 0 aliphatic carbocycles. The van der Waals surface area contributed by atoms with Gasteiger partial charge in [-0.25, -0.2) is 0 Å². The van der Waals surface area contributed by atoms with Crippen LogP contribution in [0.4, 0.5) is 0 Å². The maximum Gasteiger partial charge on any atom is 0.223 e. The van der Waals surface area contributed by atoms with Crippen molar-refractivity contribution < 1.29 is 4.79 Å². The molecule has 21 heavy (non-hydrogen) atoms. The lowest BCUT2D eigenvalue weighted by molar-refractivity contribution is -0.130. The van der Waals surface area contributed by atoms with Crippen LogP contribution in [0.1, 0.15) is 17.7 Å². The number of carbonyl (C=O) groups is 1. The Bertz CT molecular complexity index is 571. The third kappa shape index (κ3) is 4.99. The summed E-state index contributed by atoms with van der Waals surface area (Å²) in [6, 6.07) is 9.86. The molecule has 0 unspecified atom stereocenters. The number of nitrogens with zero attached hydrogens (tertiary/aromatic N) is 2. The van der Waals surface area contributed by atoms with Crippen molar-refractivity contribution in [2.75, 3.05) is 13.6 Å². The number of H-pyrrole nitrogens is 1. The molecule has 0 atom stereocenters. The van der Waals surface area contributed by atoms with Crippen molar-refractivity contribution in [3.05, 3.63) is 52.3 Å². The van der Waals surface area contributed by atoms with Gasteiger partial charge in [0.15, 0.2) is 0 Å². The lowest BCUT2D eigenvalue weighted by Gasteiger charge is -2.18. The van der Waals surface area contributed by atoms with Crippen LogP contribution in [0.15, 0.2) is 41.0 Å². The molecule has 0 saturated heterocycles. The summed E-state index contributed by atoms with van der Waals surface area (Å²) < 4.78 is 1.03. The SMILES string of the molecule is CN(Cc1ccccc1Br)C(=O)CCNCc1ccn[nH]1. The van der Waals surface area contributed by atoms with Gasteiger partial charge in [-0.15, -0.1) is 0 Å². The van der Waals surface area contributed by atoms with E-state index in [1.165, 1.54) is 0 Å². The molecule has 1 aromatic heterocycles. The molecule has 1 aromatic carbocycles. The molecule has 0 fully saturated rings. The second-order valence-corrected chi connectivity index (χ2v) is 5.70. The van der Waals surface area contributed by atoms with Gasteiger partial charge in [0.25, 0.3) is 0 Å². The second kappa shape index (κ2) is 7.95. The molecule has 0 bridgehead atoms. The first-order chi connectivity index (χ1) is 10.2. The van der Waals surface area contributed by atoms with Crippen molar-refractivity contribution in [3.63, 3.8) is 0 Å². The Kier molecular flexibility index (Phi) is 5.95. The molecule has 2 N–H and O–H groups in total. The van der Waals surface area contributed by atoms with Crippen LogP contribution < -0.4 is 5.32 Å². The Labute approximate surface area is 132 Å². The van der Waals surface area contributed by atoms with Crippen molar-refractivity contribution >= 4 is 21.8 Å². The lowest BCUT2D eigenvalue weighted by atomic mass is 10.2. The van der Waals surface area contributed by atoms with E-state index in [1.807, 2.05) is 37.4 Å². The van der Waals surface area contributed by atoms with E-state index in [9.17, 15) is 4.79 Å². The Balaban J connectivity index is 1.71. The molecule has 0 aliphatic rings. The number of aromatic amines is 1. The van der Waals surface area contributed by atoms with Crippen molar-refractivity contribution in [2.45, 2.75) is 19.5 Å². The van der Waals surface area contributed by atoms with Gasteiger partial charge in [-0.05, 0) is 17.7 Å². The van der Waals surface area contributed by atoms with E-state index in [2.05, 4.69) is 31.4 Å². The summed E-state index contributed by atoms with van der Waals surface area (Å²) in [6.07, 6.45) is 2.20. The number of carbonyl (C=O) groups excluding carboxylic acids is 1. The van der Waals surface area contributed by atoms with Crippen molar-refractivity contribution in [3.8, 4) is 0 Å². The third-order valence-corrected chi connectivity index (χ3v) is 3.95. The number of nitrogens with one attached hydrogen (secondary N) is 2. The third-order valence-electron chi connectivity index (χ3n) is 3.18. The molecule has 0 aliphatic heterocycles. The first-order valence-corrected chi connectivity index (χ1v) is 7.62. The van der Waals surface area contributed by atoms with Crippen molar-refractivity contribution in [2.24, 2.45) is 0 Å². The van der Waals surface area contributed by atoms with E-state index < -0.39 is 0 Å². The van der Waals surface area contributed by atoms with Gasteiger partial charge in [0.2, 0.25) is 5.91 Å². The smallest absolute Gasteiger partial charge is 0.223 e. The number of halogens is 1. The summed E-state index contributed by atoms with van der Waals surface area (Å²) in [5, 5.41) is 9.97. The summed E-state index contributed by atoms with van der Waals surface area (Å²) in [5.41, 5.74) is 2.13. The van der Waals surface area contributed by atoms with Crippen molar-refractivity contribution in [1.82, 2.24) is 20.4 Å². The predicted molar refractivity (Wildman–Crippen MR) is 85.5 cm³/mol. The Morgan fingerprint density at radius 2 is 2.19 bits per heavy atom. The number of hydrogen-bond donors (Lipinski definition) is 2. The fourth-order valence-corrected chi connectivity index (χ4v) is 2.37. The van der Waals surface area contributed by atoms with Crippen LogP contribution in [0.25, 0.3) is 0 Å². The minimum Gasteiger partial charge on any atom is -0.341 e. The summed E-state index contributed by atoms with van der Waals surface area (Å²) in [7, 11) is 1.83. The zero-order chi connectivity index (χ0) is 15.1. The monoisotopic (exact) mass is 350 g/mol. The van der Waals surface area contributed by atoms with Crippen LogP contribution in [-0.2, 0) is 17.9 Å². The molecule has 6 heteroatoms. The fourth-order valence-electron chi connectivity index (χ4n) is 1.96. The number of hydrogen-bond acceptors (Lipinski definition) is 3. The minimum atomic E-state index is 0.128. The highest BCUT2D eigenvalue weighted by Gasteiger charge is 2.10. The van der Waals surface area contributed by atoms with E-state index in [0.29, 0.717) is 26.1 Å². The molecule has 112 valence electrons. The molecular formula is C15H19BrN4O. The highest BCUT2D eigenvalue weighted by Crippen LogP contribution is 2.17. The summed E-state index contributed by atoms with van der Waals surface area (Å²) in [6.45, 7) is 1.96. The largest absolute Gasteiger partial charge is 0.341 e. The normalized spacial score (nSPS) is 10.6. The lowest BCUT2D eigenvalue weighted by Crippen LogP contribution is -2.29. The molecule has 0 radical (unpaired) electrons. The van der Waals surface area contributed by atoms with Crippen LogP contribution in [0.2, 0.25) is 0 Å². The fraction of sp³-hybridized carbons (Fsp3) is 0.333. The molecular weight excluding hydrogens is 332 g/mol. The predicted octanol–water partition coefficient (Wildman–Crippen LogP) is 2.31. The van der Waals surface area contributed by atoms with E-state index >= 15 is 0 Å². The first kappa shape index (κ1) is 15.7. The van der Waals surface area contributed by atoms with Crippen LogP contribution >= 0.6 is 15.9 Å². The average Bonchev–Trinajstić information content (AvgIpc) is 2.99. The number of benzene rings is 1. The molecule has 1 amide bonds. The molecule has 2 rings (SSSR count). The van der Waals surface area contributed by atoms with Gasteiger partial charge in [-0.3, -0.25) is 9.89 Å². The van der Waals surface area contributed by atoms with Gasteiger partial charge in [-0.1, -0.05) is 34.1 Å². The Morgan fingerprint density at radius 3 is 2.90 bits per heavy atom. The molecule has 1 heterocycles. The molecule has 5 nitrogen and oxygen atoms in total. The number of aromatic nitrogens is 2. The van der Waals surface area contributed by atoms with Gasteiger partial charge in [0.1, 0.15) is 0 Å². The van der Waals surface area contributed by atoms with Gasteiger partial charge in [0.05, 0.1) is 0 Å². The quantitative estimate of drug-likeness (QED) is 0.753. The summed E-state index contributed by atoms with van der Waals surface area (Å²) in [5.74, 6) is 0.128. The van der Waals surface area contributed by atoms with Gasteiger partial charge < -0.3 is 10.2 Å². The Hall–Kier alpha value is -1.66. The molecule has 0 saturated carbocycles. The molecule has 2 aromatic rings. The number of rotatable bonds is 7. The van der Waals surface area contributed by atoms with E-state index in [4.69, 9.17) is 0 Å². The van der Waals surface area contributed by atoms with Gasteiger partial charge >= 0.3 is 0 Å². The summed E-state index contributed by atoms with van der Waals surface area (Å²) >= 11 is 3.50. The van der Waals surface area contributed by atoms with Crippen molar-refractivity contribution in [1.29, 1.82) is 0 Å². The maximum atomic E-state index is 12.1. The highest BCUT2D eigenvalue weighted by atomic mass is 79.9. The second-order valence-electron chi connectivity index (χ2n) is 4.85. The van der Waals surface area contributed by atoms with Crippen LogP contribution in [0.5, 0.6) is 0 Å². The minimum absolute atomic E-state index is 0.128. The average molecular weight is 351 g/mol. The number of amides is 1. The zero-order valence-corrected chi connectivity index (χ0v) is 13.6. The first-order valence-electron chi connectivity index (χ1n) is 6.83. The standard InChI is InChI=1S/C15H19BrN4O/c1-20(11-12-4-2-3-5-14(12)16)15(21)7-8-17-10-13-6-9-18-19-13/h2-6,9,17H,7-8,10-11H2,1H3,(H,18,19). The van der Waals surface area contributed by atoms with Crippen LogP contribution in [0.3, 0.4) is 0 Å². The topological polar surface area (TPSA) is 61.0 Å². The maximum absolute atomic E-state index is 12.1. The van der Waals surface area contributed by atoms with Crippen LogP contribution in [0, 0.1) is 0 Å². The summed E-state index contributed by atoms with van der Waals surface area (Å²) in [4.78, 5) is 13.8. The van der Waals surface area contributed by atoms with Crippen LogP contribution in [-0.4, -0.2) is 34.6 Å². The van der Waals surface area contributed by atoms with E-state index in [1.54, 1.807) is 11.1 Å².